The smallest absolute Gasteiger partial charge is 0.0704 e. The van der Waals surface area contributed by atoms with Crippen LogP contribution < -0.4 is 0 Å². The van der Waals surface area contributed by atoms with Crippen LogP contribution in [-0.4, -0.2) is 76.3 Å². The summed E-state index contributed by atoms with van der Waals surface area (Å²) in [4.78, 5) is 0. The van der Waals surface area contributed by atoms with Crippen molar-refractivity contribution in [2.24, 2.45) is 0 Å². The van der Waals surface area contributed by atoms with Gasteiger partial charge in [-0.2, -0.15) is 0 Å². The van der Waals surface area contributed by atoms with E-state index in [1.165, 1.54) is 0 Å². The van der Waals surface area contributed by atoms with Crippen LogP contribution in [0.3, 0.4) is 0 Å². The fourth-order valence-electron chi connectivity index (χ4n) is 1.04. The van der Waals surface area contributed by atoms with Crippen molar-refractivity contribution in [1.29, 1.82) is 0 Å². The predicted molar refractivity (Wildman–Crippen MR) is 66.6 cm³/mol. The highest BCUT2D eigenvalue weighted by Gasteiger charge is 1.96. The molecule has 0 saturated heterocycles. The van der Waals surface area contributed by atoms with E-state index in [1.807, 2.05) is 0 Å². The van der Waals surface area contributed by atoms with Crippen LogP contribution in [0.1, 0.15) is 0 Å². The van der Waals surface area contributed by atoms with E-state index in [1.54, 1.807) is 0 Å². The summed E-state index contributed by atoms with van der Waals surface area (Å²) in [6, 6.07) is 0. The van der Waals surface area contributed by atoms with Gasteiger partial charge in [0.15, 0.2) is 0 Å². The van der Waals surface area contributed by atoms with Crippen molar-refractivity contribution in [3.63, 3.8) is 0 Å². The standard InChI is InChI=1S/C12H24O6/c1-12(10-17-8-6-15-4-2-13)11-18-9-7-16-5-3-14/h13-14H,1-11H2. The van der Waals surface area contributed by atoms with E-state index >= 15 is 0 Å². The van der Waals surface area contributed by atoms with Crippen LogP contribution in [0, 0.1) is 0 Å². The molecule has 0 saturated carbocycles. The van der Waals surface area contributed by atoms with Crippen LogP contribution in [0.5, 0.6) is 0 Å². The molecule has 0 aliphatic carbocycles. The summed E-state index contributed by atoms with van der Waals surface area (Å²) in [7, 11) is 0. The molecular formula is C12H24O6. The van der Waals surface area contributed by atoms with Gasteiger partial charge in [-0.15, -0.1) is 0 Å². The Morgan fingerprint density at radius 1 is 0.667 bits per heavy atom. The number of rotatable bonds is 14. The maximum Gasteiger partial charge on any atom is 0.0704 e. The fourth-order valence-corrected chi connectivity index (χ4v) is 1.04. The molecule has 0 fully saturated rings. The molecule has 6 heteroatoms. The van der Waals surface area contributed by atoms with Gasteiger partial charge in [0, 0.05) is 0 Å². The molecule has 0 heterocycles. The number of hydrogen-bond acceptors (Lipinski definition) is 6. The summed E-state index contributed by atoms with van der Waals surface area (Å²) in [6.07, 6.45) is 0. The maximum absolute atomic E-state index is 8.46. The van der Waals surface area contributed by atoms with E-state index in [0.717, 1.165) is 5.57 Å². The Balaban J connectivity index is 3.12. The van der Waals surface area contributed by atoms with Gasteiger partial charge in [-0.05, 0) is 5.57 Å². The van der Waals surface area contributed by atoms with Gasteiger partial charge < -0.3 is 29.2 Å². The Hall–Kier alpha value is -0.500. The zero-order valence-electron chi connectivity index (χ0n) is 10.8. The molecule has 0 atom stereocenters. The molecule has 0 unspecified atom stereocenters. The average molecular weight is 264 g/mol. The molecule has 0 radical (unpaired) electrons. The van der Waals surface area contributed by atoms with Crippen molar-refractivity contribution in [3.8, 4) is 0 Å². The van der Waals surface area contributed by atoms with Crippen molar-refractivity contribution in [2.45, 2.75) is 0 Å². The highest BCUT2D eigenvalue weighted by atomic mass is 16.5. The number of aliphatic hydroxyl groups is 2. The second-order valence-electron chi connectivity index (χ2n) is 3.53. The van der Waals surface area contributed by atoms with Crippen LogP contribution in [0.25, 0.3) is 0 Å². The van der Waals surface area contributed by atoms with Gasteiger partial charge in [0.2, 0.25) is 0 Å². The highest BCUT2D eigenvalue weighted by Crippen LogP contribution is 1.93. The van der Waals surface area contributed by atoms with E-state index in [9.17, 15) is 0 Å². The lowest BCUT2D eigenvalue weighted by atomic mass is 10.3. The van der Waals surface area contributed by atoms with E-state index in [0.29, 0.717) is 52.9 Å². The van der Waals surface area contributed by atoms with E-state index < -0.39 is 0 Å². The minimum atomic E-state index is 0.0267. The van der Waals surface area contributed by atoms with Crippen LogP contribution in [0.15, 0.2) is 12.2 Å². The lowest BCUT2D eigenvalue weighted by molar-refractivity contribution is 0.0271. The van der Waals surface area contributed by atoms with Gasteiger partial charge in [-0.1, -0.05) is 6.58 Å². The van der Waals surface area contributed by atoms with E-state index in [4.69, 9.17) is 29.2 Å². The molecule has 0 aromatic carbocycles. The topological polar surface area (TPSA) is 77.4 Å². The summed E-state index contributed by atoms with van der Waals surface area (Å²) in [5, 5.41) is 16.9. The lowest BCUT2D eigenvalue weighted by Gasteiger charge is -2.08. The monoisotopic (exact) mass is 264 g/mol. The largest absolute Gasteiger partial charge is 0.394 e. The van der Waals surface area contributed by atoms with Gasteiger partial charge in [-0.3, -0.25) is 0 Å². The minimum Gasteiger partial charge on any atom is -0.394 e. The number of aliphatic hydroxyl groups excluding tert-OH is 2. The van der Waals surface area contributed by atoms with Gasteiger partial charge in [-0.25, -0.2) is 0 Å². The molecule has 18 heavy (non-hydrogen) atoms. The number of hydrogen-bond donors (Lipinski definition) is 2. The van der Waals surface area contributed by atoms with E-state index in [-0.39, 0.29) is 13.2 Å². The second-order valence-corrected chi connectivity index (χ2v) is 3.53. The summed E-state index contributed by atoms with van der Waals surface area (Å²) in [5.74, 6) is 0. The molecule has 2 N–H and O–H groups in total. The summed E-state index contributed by atoms with van der Waals surface area (Å²) in [6.45, 7) is 7.26. The van der Waals surface area contributed by atoms with Gasteiger partial charge in [0.25, 0.3) is 0 Å². The zero-order chi connectivity index (χ0) is 13.5. The molecule has 0 spiro atoms. The maximum atomic E-state index is 8.46. The third-order valence-electron chi connectivity index (χ3n) is 1.83. The van der Waals surface area contributed by atoms with Gasteiger partial charge >= 0.3 is 0 Å². The Morgan fingerprint density at radius 2 is 1.06 bits per heavy atom. The highest BCUT2D eigenvalue weighted by molar-refractivity contribution is 4.94. The molecule has 0 aliphatic rings. The summed E-state index contributed by atoms with van der Waals surface area (Å²) in [5.41, 5.74) is 0.847. The Bertz CT molecular complexity index is 167. The van der Waals surface area contributed by atoms with Crippen LogP contribution in [-0.2, 0) is 18.9 Å². The third kappa shape index (κ3) is 13.6. The molecule has 0 aliphatic heterocycles. The molecular weight excluding hydrogens is 240 g/mol. The van der Waals surface area contributed by atoms with Crippen molar-refractivity contribution < 1.29 is 29.2 Å². The SMILES string of the molecule is C=C(COCCOCCO)COCCOCCO. The first-order valence-electron chi connectivity index (χ1n) is 6.00. The average Bonchev–Trinajstić information content (AvgIpc) is 2.38. The van der Waals surface area contributed by atoms with Crippen LogP contribution in [0.4, 0.5) is 0 Å². The van der Waals surface area contributed by atoms with Crippen molar-refractivity contribution in [3.05, 3.63) is 12.2 Å². The van der Waals surface area contributed by atoms with Crippen LogP contribution >= 0.6 is 0 Å². The normalized spacial score (nSPS) is 10.8. The zero-order valence-corrected chi connectivity index (χ0v) is 10.8. The molecule has 108 valence electrons. The quantitative estimate of drug-likeness (QED) is 0.328. The van der Waals surface area contributed by atoms with Crippen molar-refractivity contribution in [2.75, 3.05) is 66.1 Å². The molecule has 0 aromatic rings. The first kappa shape index (κ1) is 17.5. The summed E-state index contributed by atoms with van der Waals surface area (Å²) >= 11 is 0. The first-order chi connectivity index (χ1) is 8.81. The third-order valence-corrected chi connectivity index (χ3v) is 1.83. The van der Waals surface area contributed by atoms with Gasteiger partial charge in [0.05, 0.1) is 66.1 Å². The predicted octanol–water partition coefficient (Wildman–Crippen LogP) is -0.406. The number of ether oxygens (including phenoxy) is 4. The molecule has 0 rings (SSSR count). The van der Waals surface area contributed by atoms with Crippen LogP contribution in [0.2, 0.25) is 0 Å². The van der Waals surface area contributed by atoms with Crippen molar-refractivity contribution in [1.82, 2.24) is 0 Å². The Morgan fingerprint density at radius 3 is 1.44 bits per heavy atom. The summed E-state index contributed by atoms with van der Waals surface area (Å²) < 4.78 is 20.6. The van der Waals surface area contributed by atoms with E-state index in [2.05, 4.69) is 6.58 Å². The lowest BCUT2D eigenvalue weighted by Crippen LogP contribution is -2.12. The Labute approximate surface area is 108 Å². The minimum absolute atomic E-state index is 0.0267. The Kier molecular flexibility index (Phi) is 14.2. The molecule has 6 nitrogen and oxygen atoms in total. The first-order valence-corrected chi connectivity index (χ1v) is 6.00. The molecule has 0 bridgehead atoms. The fraction of sp³-hybridized carbons (Fsp3) is 0.833. The van der Waals surface area contributed by atoms with Crippen molar-refractivity contribution >= 4 is 0 Å². The van der Waals surface area contributed by atoms with Gasteiger partial charge in [0.1, 0.15) is 0 Å². The molecule has 0 aromatic heterocycles. The molecule has 0 amide bonds. The second kappa shape index (κ2) is 14.6.